The molecule has 0 unspecified atom stereocenters. The summed E-state index contributed by atoms with van der Waals surface area (Å²) in [5, 5.41) is 7.59. The monoisotopic (exact) mass is 332 g/mol. The summed E-state index contributed by atoms with van der Waals surface area (Å²) >= 11 is 0. The van der Waals surface area contributed by atoms with Gasteiger partial charge < -0.3 is 15.4 Å². The third kappa shape index (κ3) is 5.01. The molecule has 0 spiro atoms. The van der Waals surface area contributed by atoms with Gasteiger partial charge >= 0.3 is 0 Å². The summed E-state index contributed by atoms with van der Waals surface area (Å²) in [6.07, 6.45) is 0.439. The third-order valence-corrected chi connectivity index (χ3v) is 3.26. The number of nitrogens with zero attached hydrogens (tertiary/aromatic N) is 3. The largest absolute Gasteiger partial charge is 0.398 e. The number of amides is 2. The summed E-state index contributed by atoms with van der Waals surface area (Å²) in [5.74, 6) is -0.711. The minimum absolute atomic E-state index is 0.000741. The van der Waals surface area contributed by atoms with Crippen LogP contribution in [0.2, 0.25) is 0 Å². The van der Waals surface area contributed by atoms with Gasteiger partial charge in [-0.3, -0.25) is 9.59 Å². The van der Waals surface area contributed by atoms with E-state index in [0.29, 0.717) is 29.0 Å². The Hall–Kier alpha value is -3.03. The van der Waals surface area contributed by atoms with Gasteiger partial charge in [-0.2, -0.15) is 0 Å². The fraction of sp³-hybridized carbons (Fsp3) is 0.312. The molecule has 1 aromatic carbocycles. The molecule has 2 N–H and O–H groups in total. The van der Waals surface area contributed by atoms with E-state index in [1.807, 2.05) is 13.0 Å². The molecular weight excluding hydrogens is 312 g/mol. The fourth-order valence-corrected chi connectivity index (χ4v) is 1.87. The Kier molecular flexibility index (Phi) is 7.28. The van der Waals surface area contributed by atoms with Gasteiger partial charge in [-0.25, -0.2) is 4.99 Å². The number of nitrogens with two attached hydrogens (primary N) is 1. The number of carbonyl (C=O) groups excluding carboxylic acids is 2. The number of hydrogen-bond donors (Lipinski definition) is 1. The molecule has 1 rings (SSSR count). The first-order chi connectivity index (χ1) is 11.4. The molecule has 1 aromatic rings. The molecule has 0 fully saturated rings. The average molecular weight is 332 g/mol. The van der Waals surface area contributed by atoms with Crippen LogP contribution in [0, 0.1) is 6.92 Å². The second kappa shape index (κ2) is 9.19. The number of aliphatic imine (C=N–C) groups is 1. The molecule has 0 saturated heterocycles. The van der Waals surface area contributed by atoms with E-state index in [-0.39, 0.29) is 12.3 Å². The number of oxime groups is 2. The standard InChI is InChI=1S/C16H20N4O4/c1-10-6-5-7-13(15(16(17)22)20-23-4)14(10)8-24-19-12(3)11(2)18-9-21/h5-7,9H,8H2,1-4H3,(H2,17,22)/b18-11?,19-12-,20-15-. The first kappa shape index (κ1) is 19.0. The number of rotatable bonds is 8. The van der Waals surface area contributed by atoms with Crippen molar-refractivity contribution in [2.24, 2.45) is 21.0 Å². The number of benzene rings is 1. The highest BCUT2D eigenvalue weighted by molar-refractivity contribution is 6.45. The summed E-state index contributed by atoms with van der Waals surface area (Å²) in [4.78, 5) is 35.5. The number of carbonyl (C=O) groups is 2. The van der Waals surface area contributed by atoms with Crippen molar-refractivity contribution in [3.8, 4) is 0 Å². The maximum absolute atomic E-state index is 11.6. The molecule has 24 heavy (non-hydrogen) atoms. The SMILES string of the molecule is CO/N=C(\C(N)=O)c1cccc(C)c1CO/N=C(/C)C(C)=NC=O. The lowest BCUT2D eigenvalue weighted by Gasteiger charge is -2.12. The summed E-state index contributed by atoms with van der Waals surface area (Å²) in [5.41, 5.74) is 8.37. The Morgan fingerprint density at radius 1 is 1.25 bits per heavy atom. The summed E-state index contributed by atoms with van der Waals surface area (Å²) < 4.78 is 0. The van der Waals surface area contributed by atoms with Crippen LogP contribution < -0.4 is 5.73 Å². The second-order valence-electron chi connectivity index (χ2n) is 4.86. The van der Waals surface area contributed by atoms with E-state index in [0.717, 1.165) is 5.56 Å². The molecule has 0 bridgehead atoms. The lowest BCUT2D eigenvalue weighted by Crippen LogP contribution is -2.26. The van der Waals surface area contributed by atoms with Crippen molar-refractivity contribution in [2.45, 2.75) is 27.4 Å². The van der Waals surface area contributed by atoms with Crippen LogP contribution in [0.5, 0.6) is 0 Å². The Bertz CT molecular complexity index is 708. The van der Waals surface area contributed by atoms with Crippen LogP contribution in [0.1, 0.15) is 30.5 Å². The first-order valence-corrected chi connectivity index (χ1v) is 7.07. The predicted molar refractivity (Wildman–Crippen MR) is 91.0 cm³/mol. The fourth-order valence-electron chi connectivity index (χ4n) is 1.87. The van der Waals surface area contributed by atoms with Crippen molar-refractivity contribution in [2.75, 3.05) is 7.11 Å². The van der Waals surface area contributed by atoms with Crippen LogP contribution in [0.15, 0.2) is 33.5 Å². The normalized spacial score (nSPS) is 12.8. The Labute approximate surface area is 140 Å². The molecule has 8 heteroatoms. The summed E-state index contributed by atoms with van der Waals surface area (Å²) in [6.45, 7) is 5.27. The molecule has 0 aliphatic rings. The lowest BCUT2D eigenvalue weighted by molar-refractivity contribution is -0.112. The van der Waals surface area contributed by atoms with E-state index >= 15 is 0 Å². The van der Waals surface area contributed by atoms with Crippen molar-refractivity contribution in [1.82, 2.24) is 0 Å². The van der Waals surface area contributed by atoms with Crippen molar-refractivity contribution >= 4 is 29.5 Å². The van der Waals surface area contributed by atoms with E-state index in [1.54, 1.807) is 26.0 Å². The average Bonchev–Trinajstić information content (AvgIpc) is 2.54. The predicted octanol–water partition coefficient (Wildman–Crippen LogP) is 1.34. The maximum atomic E-state index is 11.6. The Balaban J connectivity index is 3.11. The van der Waals surface area contributed by atoms with Gasteiger partial charge in [0.1, 0.15) is 13.7 Å². The highest BCUT2D eigenvalue weighted by atomic mass is 16.6. The van der Waals surface area contributed by atoms with Crippen LogP contribution >= 0.6 is 0 Å². The quantitative estimate of drug-likeness (QED) is 0.439. The minimum atomic E-state index is -0.711. The van der Waals surface area contributed by atoms with E-state index in [2.05, 4.69) is 20.1 Å². The van der Waals surface area contributed by atoms with Gasteiger partial charge in [-0.15, -0.1) is 0 Å². The number of primary amides is 1. The highest BCUT2D eigenvalue weighted by Gasteiger charge is 2.17. The van der Waals surface area contributed by atoms with Crippen LogP contribution in [0.3, 0.4) is 0 Å². The lowest BCUT2D eigenvalue weighted by atomic mass is 9.98. The maximum Gasteiger partial charge on any atom is 0.271 e. The second-order valence-corrected chi connectivity index (χ2v) is 4.86. The van der Waals surface area contributed by atoms with Crippen molar-refractivity contribution < 1.29 is 19.3 Å². The van der Waals surface area contributed by atoms with Crippen molar-refractivity contribution in [1.29, 1.82) is 0 Å². The molecule has 0 atom stereocenters. The van der Waals surface area contributed by atoms with Crippen LogP contribution in [-0.4, -0.2) is 36.6 Å². The Morgan fingerprint density at radius 3 is 2.54 bits per heavy atom. The molecule has 8 nitrogen and oxygen atoms in total. The zero-order valence-electron chi connectivity index (χ0n) is 14.1. The molecule has 0 aliphatic heterocycles. The number of aryl methyl sites for hydroxylation is 1. The van der Waals surface area contributed by atoms with Gasteiger partial charge in [0.05, 0.1) is 11.4 Å². The van der Waals surface area contributed by atoms with Gasteiger partial charge in [0.25, 0.3) is 5.91 Å². The zero-order valence-corrected chi connectivity index (χ0v) is 14.1. The Morgan fingerprint density at radius 2 is 1.96 bits per heavy atom. The van der Waals surface area contributed by atoms with Crippen molar-refractivity contribution in [3.63, 3.8) is 0 Å². The molecule has 0 saturated carbocycles. The minimum Gasteiger partial charge on any atom is -0.398 e. The highest BCUT2D eigenvalue weighted by Crippen LogP contribution is 2.17. The zero-order chi connectivity index (χ0) is 18.1. The van der Waals surface area contributed by atoms with Crippen LogP contribution in [-0.2, 0) is 25.9 Å². The van der Waals surface area contributed by atoms with Gasteiger partial charge in [0.15, 0.2) is 5.71 Å². The van der Waals surface area contributed by atoms with E-state index < -0.39 is 5.91 Å². The van der Waals surface area contributed by atoms with Gasteiger partial charge in [-0.05, 0) is 26.3 Å². The molecule has 0 heterocycles. The van der Waals surface area contributed by atoms with Crippen LogP contribution in [0.4, 0.5) is 0 Å². The van der Waals surface area contributed by atoms with Gasteiger partial charge in [0.2, 0.25) is 6.41 Å². The first-order valence-electron chi connectivity index (χ1n) is 7.07. The topological polar surface area (TPSA) is 116 Å². The third-order valence-electron chi connectivity index (χ3n) is 3.26. The molecule has 2 amide bonds. The summed E-state index contributed by atoms with van der Waals surface area (Å²) in [7, 11) is 1.33. The molecule has 0 aromatic heterocycles. The van der Waals surface area contributed by atoms with Gasteiger partial charge in [0, 0.05) is 11.1 Å². The van der Waals surface area contributed by atoms with E-state index in [9.17, 15) is 9.59 Å². The summed E-state index contributed by atoms with van der Waals surface area (Å²) in [6, 6.07) is 5.34. The molecule has 0 aliphatic carbocycles. The van der Waals surface area contributed by atoms with E-state index in [4.69, 9.17) is 10.6 Å². The number of hydrogen-bond acceptors (Lipinski definition) is 6. The van der Waals surface area contributed by atoms with E-state index in [1.165, 1.54) is 7.11 Å². The smallest absolute Gasteiger partial charge is 0.271 e. The molecule has 0 radical (unpaired) electrons. The van der Waals surface area contributed by atoms with Crippen molar-refractivity contribution in [3.05, 3.63) is 34.9 Å². The molecule has 128 valence electrons. The van der Waals surface area contributed by atoms with Crippen LogP contribution in [0.25, 0.3) is 0 Å². The molecular formula is C16H20N4O4. The van der Waals surface area contributed by atoms with Gasteiger partial charge in [-0.1, -0.05) is 28.5 Å².